The van der Waals surface area contributed by atoms with Crippen LogP contribution in [-0.2, 0) is 24.3 Å². The molecule has 0 fully saturated rings. The van der Waals surface area contributed by atoms with E-state index in [9.17, 15) is 9.59 Å². The highest BCUT2D eigenvalue weighted by Gasteiger charge is 2.25. The predicted molar refractivity (Wildman–Crippen MR) is 73.5 cm³/mol. The van der Waals surface area contributed by atoms with Gasteiger partial charge in [0.15, 0.2) is 5.82 Å². The van der Waals surface area contributed by atoms with Gasteiger partial charge in [0.2, 0.25) is 5.91 Å². The Kier molecular flexibility index (Phi) is 2.53. The maximum Gasteiger partial charge on any atom is 0.254 e. The van der Waals surface area contributed by atoms with E-state index in [0.717, 1.165) is 17.1 Å². The van der Waals surface area contributed by atoms with Crippen molar-refractivity contribution in [3.63, 3.8) is 0 Å². The van der Waals surface area contributed by atoms with E-state index in [1.54, 1.807) is 23.4 Å². The Labute approximate surface area is 120 Å². The average Bonchev–Trinajstić information content (AvgIpc) is 3.09. The second-order valence-corrected chi connectivity index (χ2v) is 5.26. The molecule has 106 valence electrons. The van der Waals surface area contributed by atoms with Crippen LogP contribution in [0.4, 0.5) is 5.69 Å². The van der Waals surface area contributed by atoms with Crippen LogP contribution >= 0.6 is 0 Å². The third kappa shape index (κ3) is 1.97. The second-order valence-electron chi connectivity index (χ2n) is 5.26. The molecule has 3 heterocycles. The molecule has 2 aromatic rings. The van der Waals surface area contributed by atoms with E-state index in [2.05, 4.69) is 15.5 Å². The first kappa shape index (κ1) is 12.1. The summed E-state index contributed by atoms with van der Waals surface area (Å²) in [6.45, 7) is 1.80. The summed E-state index contributed by atoms with van der Waals surface area (Å²) in [5, 5.41) is 10.6. The van der Waals surface area contributed by atoms with Crippen molar-refractivity contribution in [2.45, 2.75) is 19.5 Å². The molecule has 0 saturated heterocycles. The summed E-state index contributed by atoms with van der Waals surface area (Å²) < 4.78 is 1.95. The number of anilines is 1. The van der Waals surface area contributed by atoms with Gasteiger partial charge in [0.05, 0.1) is 13.0 Å². The van der Waals surface area contributed by atoms with Crippen molar-refractivity contribution in [2.75, 3.05) is 11.9 Å². The lowest BCUT2D eigenvalue weighted by molar-refractivity contribution is -0.115. The summed E-state index contributed by atoms with van der Waals surface area (Å²) in [7, 11) is 0. The molecule has 0 unspecified atom stereocenters. The number of rotatable bonds is 1. The maximum atomic E-state index is 12.6. The number of amides is 2. The Balaban J connectivity index is 1.59. The van der Waals surface area contributed by atoms with Crippen molar-refractivity contribution in [1.82, 2.24) is 19.7 Å². The van der Waals surface area contributed by atoms with Crippen molar-refractivity contribution < 1.29 is 9.59 Å². The number of nitrogens with zero attached hydrogens (tertiary/aromatic N) is 4. The lowest BCUT2D eigenvalue weighted by Crippen LogP contribution is -2.38. The first-order valence-corrected chi connectivity index (χ1v) is 6.79. The highest BCUT2D eigenvalue weighted by atomic mass is 16.2. The number of hydrogen-bond acceptors (Lipinski definition) is 4. The Morgan fingerprint density at radius 2 is 2.19 bits per heavy atom. The quantitative estimate of drug-likeness (QED) is 0.823. The molecule has 0 aliphatic carbocycles. The first-order valence-electron chi connectivity index (χ1n) is 6.79. The van der Waals surface area contributed by atoms with Crippen molar-refractivity contribution in [1.29, 1.82) is 0 Å². The van der Waals surface area contributed by atoms with Gasteiger partial charge in [0, 0.05) is 24.3 Å². The van der Waals surface area contributed by atoms with Gasteiger partial charge in [-0.2, -0.15) is 0 Å². The van der Waals surface area contributed by atoms with E-state index in [1.165, 1.54) is 0 Å². The predicted octanol–water partition coefficient (Wildman–Crippen LogP) is 0.429. The number of aromatic nitrogens is 3. The Bertz CT molecular complexity index is 752. The minimum atomic E-state index is -0.0480. The van der Waals surface area contributed by atoms with Gasteiger partial charge in [0.25, 0.3) is 5.91 Å². The summed E-state index contributed by atoms with van der Waals surface area (Å²) in [5.41, 5.74) is 2.27. The van der Waals surface area contributed by atoms with Crippen LogP contribution in [0, 0.1) is 0 Å². The van der Waals surface area contributed by atoms with Gasteiger partial charge in [-0.3, -0.25) is 9.59 Å². The van der Waals surface area contributed by atoms with Crippen LogP contribution in [0.3, 0.4) is 0 Å². The molecule has 0 spiro atoms. The number of benzene rings is 1. The van der Waals surface area contributed by atoms with Gasteiger partial charge in [-0.25, -0.2) is 0 Å². The van der Waals surface area contributed by atoms with Crippen LogP contribution in [0.15, 0.2) is 24.5 Å². The zero-order chi connectivity index (χ0) is 14.4. The number of carbonyl (C=O) groups excluding carboxylic acids is 2. The molecule has 2 aliphatic heterocycles. The van der Waals surface area contributed by atoms with Gasteiger partial charge >= 0.3 is 0 Å². The van der Waals surface area contributed by atoms with E-state index in [0.29, 0.717) is 31.6 Å². The maximum absolute atomic E-state index is 12.6. The lowest BCUT2D eigenvalue weighted by atomic mass is 10.1. The molecule has 7 nitrogen and oxygen atoms in total. The van der Waals surface area contributed by atoms with Crippen LogP contribution in [0.2, 0.25) is 0 Å². The molecule has 0 saturated carbocycles. The SMILES string of the molecule is O=C1Cc2ccc(C(=O)N3CCn4cnnc4C3)cc2N1. The largest absolute Gasteiger partial charge is 0.329 e. The molecule has 1 aromatic heterocycles. The fourth-order valence-electron chi connectivity index (χ4n) is 2.77. The van der Waals surface area contributed by atoms with Crippen molar-refractivity contribution >= 4 is 17.5 Å². The molecule has 21 heavy (non-hydrogen) atoms. The molecule has 0 atom stereocenters. The molecule has 7 heteroatoms. The number of carbonyl (C=O) groups is 2. The summed E-state index contributed by atoms with van der Waals surface area (Å²) in [6.07, 6.45) is 2.07. The van der Waals surface area contributed by atoms with E-state index in [-0.39, 0.29) is 11.8 Å². The minimum Gasteiger partial charge on any atom is -0.329 e. The smallest absolute Gasteiger partial charge is 0.254 e. The highest BCUT2D eigenvalue weighted by molar-refractivity contribution is 6.02. The lowest BCUT2D eigenvalue weighted by Gasteiger charge is -2.27. The third-order valence-electron chi connectivity index (χ3n) is 3.91. The Morgan fingerprint density at radius 3 is 3.10 bits per heavy atom. The summed E-state index contributed by atoms with van der Waals surface area (Å²) in [4.78, 5) is 25.7. The van der Waals surface area contributed by atoms with E-state index >= 15 is 0 Å². The van der Waals surface area contributed by atoms with Gasteiger partial charge in [0.1, 0.15) is 6.33 Å². The molecule has 2 aliphatic rings. The number of nitrogens with one attached hydrogen (secondary N) is 1. The molecule has 1 N–H and O–H groups in total. The molecule has 0 bridgehead atoms. The van der Waals surface area contributed by atoms with Gasteiger partial charge in [-0.05, 0) is 17.7 Å². The number of fused-ring (bicyclic) bond motifs is 2. The normalized spacial score (nSPS) is 16.4. The Morgan fingerprint density at radius 1 is 1.29 bits per heavy atom. The van der Waals surface area contributed by atoms with Crippen molar-refractivity contribution in [2.24, 2.45) is 0 Å². The molecule has 4 rings (SSSR count). The van der Waals surface area contributed by atoms with Gasteiger partial charge < -0.3 is 14.8 Å². The summed E-state index contributed by atoms with van der Waals surface area (Å²) in [5.74, 6) is 0.720. The van der Waals surface area contributed by atoms with Crippen LogP contribution in [-0.4, -0.2) is 38.0 Å². The number of hydrogen-bond donors (Lipinski definition) is 1. The standard InChI is InChI=1S/C14H13N5O2/c20-13-6-9-1-2-10(5-11(9)16-13)14(21)18-3-4-19-8-15-17-12(19)7-18/h1-2,5,8H,3-4,6-7H2,(H,16,20). The summed E-state index contributed by atoms with van der Waals surface area (Å²) in [6, 6.07) is 5.37. The Hall–Kier alpha value is -2.70. The van der Waals surface area contributed by atoms with Crippen LogP contribution in [0.25, 0.3) is 0 Å². The van der Waals surface area contributed by atoms with Crippen LogP contribution in [0.1, 0.15) is 21.7 Å². The first-order chi connectivity index (χ1) is 10.2. The topological polar surface area (TPSA) is 80.1 Å². The average molecular weight is 283 g/mol. The van der Waals surface area contributed by atoms with Crippen LogP contribution in [0.5, 0.6) is 0 Å². The van der Waals surface area contributed by atoms with E-state index in [4.69, 9.17) is 0 Å². The molecule has 0 radical (unpaired) electrons. The summed E-state index contributed by atoms with van der Waals surface area (Å²) >= 11 is 0. The molecule has 2 amide bonds. The molecule has 1 aromatic carbocycles. The molecular formula is C14H13N5O2. The van der Waals surface area contributed by atoms with Crippen LogP contribution < -0.4 is 5.32 Å². The van der Waals surface area contributed by atoms with Gasteiger partial charge in [-0.1, -0.05) is 6.07 Å². The van der Waals surface area contributed by atoms with Crippen molar-refractivity contribution in [3.8, 4) is 0 Å². The fourth-order valence-corrected chi connectivity index (χ4v) is 2.77. The van der Waals surface area contributed by atoms with E-state index < -0.39 is 0 Å². The fraction of sp³-hybridized carbons (Fsp3) is 0.286. The molecular weight excluding hydrogens is 270 g/mol. The van der Waals surface area contributed by atoms with E-state index in [1.807, 2.05) is 10.6 Å². The third-order valence-corrected chi connectivity index (χ3v) is 3.91. The minimum absolute atomic E-state index is 0.0272. The monoisotopic (exact) mass is 283 g/mol. The highest BCUT2D eigenvalue weighted by Crippen LogP contribution is 2.25. The zero-order valence-corrected chi connectivity index (χ0v) is 11.2. The second kappa shape index (κ2) is 4.41. The zero-order valence-electron chi connectivity index (χ0n) is 11.2. The van der Waals surface area contributed by atoms with Gasteiger partial charge in [-0.15, -0.1) is 10.2 Å². The van der Waals surface area contributed by atoms with Crippen molar-refractivity contribution in [3.05, 3.63) is 41.5 Å².